The van der Waals surface area contributed by atoms with Crippen molar-refractivity contribution in [3.8, 4) is 5.75 Å². The van der Waals surface area contributed by atoms with E-state index >= 15 is 0 Å². The summed E-state index contributed by atoms with van der Waals surface area (Å²) in [6.45, 7) is 3.41. The van der Waals surface area contributed by atoms with Gasteiger partial charge < -0.3 is 10.2 Å². The van der Waals surface area contributed by atoms with Gasteiger partial charge in [0.05, 0.1) is 0 Å². The molecular weight excluding hydrogens is 176 g/mol. The zero-order valence-corrected chi connectivity index (χ0v) is 7.12. The van der Waals surface area contributed by atoms with Crippen molar-refractivity contribution in [3.05, 3.63) is 41.4 Å². The Labute approximate surface area is 75.7 Å². The molecule has 3 heteroatoms. The van der Waals surface area contributed by atoms with Gasteiger partial charge in [-0.05, 0) is 17.7 Å². The van der Waals surface area contributed by atoms with Gasteiger partial charge in [-0.2, -0.15) is 0 Å². The number of phenols is 1. The Balaban J connectivity index is 2.89. The van der Waals surface area contributed by atoms with Gasteiger partial charge in [-0.1, -0.05) is 30.3 Å². The molecule has 0 radical (unpaired) electrons. The standard InChI is InChI=1S/C9H9ClO2/c1-6(10)9(12)7-2-4-8(11)5-3-7/h2-5,9,11-12H,1H2. The molecule has 12 heavy (non-hydrogen) atoms. The molecule has 2 N–H and O–H groups in total. The third-order valence-electron chi connectivity index (χ3n) is 1.51. The molecule has 0 bridgehead atoms. The van der Waals surface area contributed by atoms with E-state index in [2.05, 4.69) is 6.58 Å². The van der Waals surface area contributed by atoms with E-state index in [1.54, 1.807) is 12.1 Å². The first-order chi connectivity index (χ1) is 5.61. The van der Waals surface area contributed by atoms with E-state index in [1.165, 1.54) is 12.1 Å². The van der Waals surface area contributed by atoms with Crippen LogP contribution in [0.15, 0.2) is 35.9 Å². The largest absolute Gasteiger partial charge is 0.508 e. The molecule has 0 aromatic heterocycles. The SMILES string of the molecule is C=C(Cl)C(O)c1ccc(O)cc1. The highest BCUT2D eigenvalue weighted by molar-refractivity contribution is 6.29. The van der Waals surface area contributed by atoms with Crippen LogP contribution in [0.25, 0.3) is 0 Å². The number of hydrogen-bond acceptors (Lipinski definition) is 2. The van der Waals surface area contributed by atoms with Gasteiger partial charge in [0.2, 0.25) is 0 Å². The Bertz CT molecular complexity index is 279. The van der Waals surface area contributed by atoms with Crippen LogP contribution in [0.2, 0.25) is 0 Å². The Morgan fingerprint density at radius 2 is 1.83 bits per heavy atom. The van der Waals surface area contributed by atoms with Crippen LogP contribution in [0.5, 0.6) is 5.75 Å². The molecule has 1 aromatic carbocycles. The van der Waals surface area contributed by atoms with E-state index in [-0.39, 0.29) is 10.8 Å². The fourth-order valence-electron chi connectivity index (χ4n) is 0.837. The second-order valence-electron chi connectivity index (χ2n) is 2.44. The highest BCUT2D eigenvalue weighted by atomic mass is 35.5. The Hall–Kier alpha value is -0.990. The van der Waals surface area contributed by atoms with Gasteiger partial charge in [0.25, 0.3) is 0 Å². The zero-order chi connectivity index (χ0) is 9.14. The molecule has 0 heterocycles. The second-order valence-corrected chi connectivity index (χ2v) is 2.93. The molecule has 0 spiro atoms. The van der Waals surface area contributed by atoms with Gasteiger partial charge >= 0.3 is 0 Å². The summed E-state index contributed by atoms with van der Waals surface area (Å²) >= 11 is 5.50. The van der Waals surface area contributed by atoms with Crippen LogP contribution in [-0.4, -0.2) is 10.2 Å². The van der Waals surface area contributed by atoms with Gasteiger partial charge in [-0.3, -0.25) is 0 Å². The number of aromatic hydroxyl groups is 1. The van der Waals surface area contributed by atoms with E-state index < -0.39 is 6.10 Å². The summed E-state index contributed by atoms with van der Waals surface area (Å²) in [5.41, 5.74) is 0.618. The predicted molar refractivity (Wildman–Crippen MR) is 48.1 cm³/mol. The lowest BCUT2D eigenvalue weighted by atomic mass is 10.1. The van der Waals surface area contributed by atoms with Gasteiger partial charge in [-0.25, -0.2) is 0 Å². The number of hydrogen-bond donors (Lipinski definition) is 2. The van der Waals surface area contributed by atoms with Crippen LogP contribution in [0.3, 0.4) is 0 Å². The molecule has 0 aliphatic heterocycles. The lowest BCUT2D eigenvalue weighted by Gasteiger charge is -2.07. The molecule has 0 fully saturated rings. The van der Waals surface area contributed by atoms with Gasteiger partial charge in [0.1, 0.15) is 11.9 Å². The van der Waals surface area contributed by atoms with Crippen LogP contribution in [0, 0.1) is 0 Å². The van der Waals surface area contributed by atoms with E-state index in [0.29, 0.717) is 5.56 Å². The van der Waals surface area contributed by atoms with E-state index in [1.807, 2.05) is 0 Å². The number of rotatable bonds is 2. The Kier molecular flexibility index (Phi) is 2.74. The summed E-state index contributed by atoms with van der Waals surface area (Å²) in [6, 6.07) is 6.15. The first-order valence-electron chi connectivity index (χ1n) is 3.42. The van der Waals surface area contributed by atoms with Gasteiger partial charge in [0, 0.05) is 5.03 Å². The molecular formula is C9H9ClO2. The average Bonchev–Trinajstić information content (AvgIpc) is 2.04. The summed E-state index contributed by atoms with van der Waals surface area (Å²) in [6.07, 6.45) is -0.868. The number of aliphatic hydroxyl groups excluding tert-OH is 1. The van der Waals surface area contributed by atoms with Crippen LogP contribution >= 0.6 is 11.6 Å². The summed E-state index contributed by atoms with van der Waals surface area (Å²) < 4.78 is 0. The van der Waals surface area contributed by atoms with Crippen molar-refractivity contribution in [1.82, 2.24) is 0 Å². The summed E-state index contributed by atoms with van der Waals surface area (Å²) in [5.74, 6) is 0.158. The molecule has 1 atom stereocenters. The van der Waals surface area contributed by atoms with Gasteiger partial charge in [-0.15, -0.1) is 0 Å². The van der Waals surface area contributed by atoms with Crippen molar-refractivity contribution in [2.75, 3.05) is 0 Å². The molecule has 0 amide bonds. The number of benzene rings is 1. The third-order valence-corrected chi connectivity index (χ3v) is 1.71. The maximum absolute atomic E-state index is 9.38. The van der Waals surface area contributed by atoms with E-state index in [4.69, 9.17) is 16.7 Å². The third kappa shape index (κ3) is 2.00. The minimum absolute atomic E-state index is 0.158. The van der Waals surface area contributed by atoms with Crippen molar-refractivity contribution in [2.45, 2.75) is 6.10 Å². The van der Waals surface area contributed by atoms with Crippen LogP contribution in [0.4, 0.5) is 0 Å². The fraction of sp³-hybridized carbons (Fsp3) is 0.111. The monoisotopic (exact) mass is 184 g/mol. The van der Waals surface area contributed by atoms with Crippen LogP contribution in [-0.2, 0) is 0 Å². The molecule has 0 saturated heterocycles. The number of aliphatic hydroxyl groups is 1. The first-order valence-corrected chi connectivity index (χ1v) is 3.80. The van der Waals surface area contributed by atoms with Crippen molar-refractivity contribution in [3.63, 3.8) is 0 Å². The molecule has 0 aliphatic carbocycles. The van der Waals surface area contributed by atoms with Gasteiger partial charge in [0.15, 0.2) is 0 Å². The van der Waals surface area contributed by atoms with Crippen molar-refractivity contribution in [2.24, 2.45) is 0 Å². The zero-order valence-electron chi connectivity index (χ0n) is 6.37. The average molecular weight is 185 g/mol. The number of phenolic OH excluding ortho intramolecular Hbond substituents is 1. The van der Waals surface area contributed by atoms with E-state index in [9.17, 15) is 5.11 Å². The number of halogens is 1. The van der Waals surface area contributed by atoms with E-state index in [0.717, 1.165) is 0 Å². The smallest absolute Gasteiger partial charge is 0.115 e. The van der Waals surface area contributed by atoms with Crippen molar-refractivity contribution in [1.29, 1.82) is 0 Å². The predicted octanol–water partition coefficient (Wildman–Crippen LogP) is 2.18. The minimum Gasteiger partial charge on any atom is -0.508 e. The summed E-state index contributed by atoms with van der Waals surface area (Å²) in [5, 5.41) is 18.5. The summed E-state index contributed by atoms with van der Waals surface area (Å²) in [4.78, 5) is 0. The maximum atomic E-state index is 9.38. The molecule has 2 nitrogen and oxygen atoms in total. The topological polar surface area (TPSA) is 40.5 Å². The maximum Gasteiger partial charge on any atom is 0.115 e. The summed E-state index contributed by atoms with van der Waals surface area (Å²) in [7, 11) is 0. The first kappa shape index (κ1) is 9.10. The minimum atomic E-state index is -0.868. The molecule has 1 unspecified atom stereocenters. The molecule has 64 valence electrons. The lowest BCUT2D eigenvalue weighted by molar-refractivity contribution is 0.224. The van der Waals surface area contributed by atoms with Crippen LogP contribution < -0.4 is 0 Å². The Morgan fingerprint density at radius 3 is 2.25 bits per heavy atom. The molecule has 1 aromatic rings. The van der Waals surface area contributed by atoms with Crippen LogP contribution in [0.1, 0.15) is 11.7 Å². The van der Waals surface area contributed by atoms with Crippen molar-refractivity contribution >= 4 is 11.6 Å². The lowest BCUT2D eigenvalue weighted by Crippen LogP contribution is -1.95. The fourth-order valence-corrected chi connectivity index (χ4v) is 0.963. The molecule has 1 rings (SSSR count). The highest BCUT2D eigenvalue weighted by Crippen LogP contribution is 2.23. The molecule has 0 saturated carbocycles. The van der Waals surface area contributed by atoms with Crippen molar-refractivity contribution < 1.29 is 10.2 Å². The molecule has 0 aliphatic rings. The highest BCUT2D eigenvalue weighted by Gasteiger charge is 2.08. The quantitative estimate of drug-likeness (QED) is 0.740. The second kappa shape index (κ2) is 3.61. The Morgan fingerprint density at radius 1 is 1.33 bits per heavy atom. The normalized spacial score (nSPS) is 12.5.